The number of aromatic amines is 1. The molecule has 98 valence electrons. The Morgan fingerprint density at radius 2 is 1.60 bits per heavy atom. The number of aromatic nitrogens is 1. The van der Waals surface area contributed by atoms with Crippen molar-refractivity contribution in [1.29, 1.82) is 0 Å². The van der Waals surface area contributed by atoms with Crippen molar-refractivity contribution in [2.75, 3.05) is 0 Å². The van der Waals surface area contributed by atoms with Gasteiger partial charge in [0.1, 0.15) is 0 Å². The first-order chi connectivity index (χ1) is 9.75. The lowest BCUT2D eigenvalue weighted by molar-refractivity contribution is 0.103. The highest BCUT2D eigenvalue weighted by molar-refractivity contribution is 6.30. The van der Waals surface area contributed by atoms with Crippen LogP contribution in [-0.4, -0.2) is 10.8 Å². The van der Waals surface area contributed by atoms with E-state index < -0.39 is 0 Å². The first kappa shape index (κ1) is 12.7. The van der Waals surface area contributed by atoms with Gasteiger partial charge in [-0.25, -0.2) is 0 Å². The Hall–Kier alpha value is -2.32. The van der Waals surface area contributed by atoms with Crippen molar-refractivity contribution in [3.05, 3.63) is 83.1 Å². The van der Waals surface area contributed by atoms with Crippen molar-refractivity contribution in [3.63, 3.8) is 0 Å². The zero-order valence-corrected chi connectivity index (χ0v) is 11.4. The fourth-order valence-electron chi connectivity index (χ4n) is 2.17. The molecule has 0 aliphatic carbocycles. The summed E-state index contributed by atoms with van der Waals surface area (Å²) in [7, 11) is 0. The Balaban J connectivity index is 2.02. The van der Waals surface area contributed by atoms with Crippen molar-refractivity contribution < 1.29 is 4.79 Å². The average Bonchev–Trinajstić information content (AvgIpc) is 2.97. The number of rotatable bonds is 3. The van der Waals surface area contributed by atoms with Crippen molar-refractivity contribution in [2.24, 2.45) is 0 Å². The lowest BCUT2D eigenvalue weighted by Crippen LogP contribution is -2.01. The molecule has 0 radical (unpaired) electrons. The van der Waals surface area contributed by atoms with Gasteiger partial charge in [0, 0.05) is 34.1 Å². The smallest absolute Gasteiger partial charge is 0.195 e. The van der Waals surface area contributed by atoms with E-state index >= 15 is 0 Å². The van der Waals surface area contributed by atoms with E-state index in [0.29, 0.717) is 16.1 Å². The van der Waals surface area contributed by atoms with E-state index in [1.165, 1.54) is 0 Å². The molecule has 0 saturated heterocycles. The first-order valence-corrected chi connectivity index (χ1v) is 6.66. The molecule has 0 bridgehead atoms. The molecule has 3 rings (SSSR count). The molecule has 20 heavy (non-hydrogen) atoms. The molecule has 2 aromatic carbocycles. The number of hydrogen-bond donors (Lipinski definition) is 1. The maximum atomic E-state index is 12.5. The van der Waals surface area contributed by atoms with Crippen LogP contribution in [0.2, 0.25) is 5.02 Å². The largest absolute Gasteiger partial charge is 0.366 e. The molecule has 0 fully saturated rings. The van der Waals surface area contributed by atoms with Gasteiger partial charge in [-0.3, -0.25) is 4.79 Å². The molecule has 3 aromatic rings. The number of nitrogens with one attached hydrogen (secondary N) is 1. The molecule has 0 spiro atoms. The normalized spacial score (nSPS) is 10.4. The van der Waals surface area contributed by atoms with E-state index in [0.717, 1.165) is 11.1 Å². The van der Waals surface area contributed by atoms with E-state index in [1.807, 2.05) is 60.8 Å². The van der Waals surface area contributed by atoms with Crippen molar-refractivity contribution >= 4 is 17.4 Å². The number of benzene rings is 2. The third kappa shape index (κ3) is 2.38. The predicted octanol–water partition coefficient (Wildman–Crippen LogP) is 4.57. The number of carbonyl (C=O) groups excluding carboxylic acids is 1. The van der Waals surface area contributed by atoms with Crippen LogP contribution < -0.4 is 0 Å². The van der Waals surface area contributed by atoms with Gasteiger partial charge in [0.05, 0.1) is 0 Å². The summed E-state index contributed by atoms with van der Waals surface area (Å²) < 4.78 is 0. The van der Waals surface area contributed by atoms with Crippen LogP contribution in [0, 0.1) is 0 Å². The molecule has 3 heteroatoms. The molecule has 0 unspecified atom stereocenters. The highest BCUT2D eigenvalue weighted by Gasteiger charge is 2.15. The van der Waals surface area contributed by atoms with Gasteiger partial charge < -0.3 is 4.98 Å². The molecule has 0 amide bonds. The van der Waals surface area contributed by atoms with Crippen LogP contribution in [-0.2, 0) is 0 Å². The predicted molar refractivity (Wildman–Crippen MR) is 81.1 cm³/mol. The number of ketones is 1. The summed E-state index contributed by atoms with van der Waals surface area (Å²) in [5.74, 6) is 0.0109. The summed E-state index contributed by atoms with van der Waals surface area (Å²) in [4.78, 5) is 15.5. The SMILES string of the molecule is O=C(c1ccccc1)c1c[nH]cc1-c1ccc(Cl)cc1. The number of carbonyl (C=O) groups is 1. The maximum absolute atomic E-state index is 12.5. The summed E-state index contributed by atoms with van der Waals surface area (Å²) in [6.45, 7) is 0. The van der Waals surface area contributed by atoms with Crippen LogP contribution >= 0.6 is 11.6 Å². The minimum atomic E-state index is 0.0109. The highest BCUT2D eigenvalue weighted by Crippen LogP contribution is 2.26. The topological polar surface area (TPSA) is 32.9 Å². The molecule has 0 saturated carbocycles. The van der Waals surface area contributed by atoms with Crippen LogP contribution in [0.5, 0.6) is 0 Å². The minimum Gasteiger partial charge on any atom is -0.366 e. The highest BCUT2D eigenvalue weighted by atomic mass is 35.5. The summed E-state index contributed by atoms with van der Waals surface area (Å²) in [5, 5.41) is 0.681. The Labute approximate surface area is 122 Å². The van der Waals surface area contributed by atoms with Gasteiger partial charge in [0.2, 0.25) is 0 Å². The molecule has 2 nitrogen and oxygen atoms in total. The van der Waals surface area contributed by atoms with Gasteiger partial charge in [-0.05, 0) is 17.7 Å². The standard InChI is InChI=1S/C17H12ClNO/c18-14-8-6-12(7-9-14)15-10-19-11-16(15)17(20)13-4-2-1-3-5-13/h1-11,19H. The maximum Gasteiger partial charge on any atom is 0.195 e. The van der Waals surface area contributed by atoms with Gasteiger partial charge in [-0.2, -0.15) is 0 Å². The second-order valence-corrected chi connectivity index (χ2v) is 4.92. The monoisotopic (exact) mass is 281 g/mol. The van der Waals surface area contributed by atoms with E-state index in [-0.39, 0.29) is 5.78 Å². The molecule has 1 heterocycles. The summed E-state index contributed by atoms with van der Waals surface area (Å²) in [6.07, 6.45) is 3.57. The van der Waals surface area contributed by atoms with E-state index in [4.69, 9.17) is 11.6 Å². The number of halogens is 1. The third-order valence-corrected chi connectivity index (χ3v) is 3.43. The van der Waals surface area contributed by atoms with Crippen LogP contribution in [0.25, 0.3) is 11.1 Å². The lowest BCUT2D eigenvalue weighted by atomic mass is 9.98. The van der Waals surface area contributed by atoms with Crippen LogP contribution in [0.15, 0.2) is 67.0 Å². The zero-order valence-electron chi connectivity index (χ0n) is 10.6. The molecule has 0 aliphatic heterocycles. The molecular weight excluding hydrogens is 270 g/mol. The number of H-pyrrole nitrogens is 1. The quantitative estimate of drug-likeness (QED) is 0.701. The molecule has 1 aromatic heterocycles. The molecule has 0 atom stereocenters. The van der Waals surface area contributed by atoms with Gasteiger partial charge in [0.25, 0.3) is 0 Å². The summed E-state index contributed by atoms with van der Waals surface area (Å²) in [6, 6.07) is 16.7. The molecule has 1 N–H and O–H groups in total. The second kappa shape index (κ2) is 5.35. The van der Waals surface area contributed by atoms with Crippen molar-refractivity contribution in [2.45, 2.75) is 0 Å². The Morgan fingerprint density at radius 3 is 2.30 bits per heavy atom. The van der Waals surface area contributed by atoms with Crippen LogP contribution in [0.4, 0.5) is 0 Å². The lowest BCUT2D eigenvalue weighted by Gasteiger charge is -2.04. The second-order valence-electron chi connectivity index (χ2n) is 4.48. The van der Waals surface area contributed by atoms with Gasteiger partial charge in [0.15, 0.2) is 5.78 Å². The first-order valence-electron chi connectivity index (χ1n) is 6.28. The van der Waals surface area contributed by atoms with Crippen molar-refractivity contribution in [3.8, 4) is 11.1 Å². The molecule has 0 aliphatic rings. The Kier molecular flexibility index (Phi) is 3.40. The Morgan fingerprint density at radius 1 is 0.900 bits per heavy atom. The Bertz CT molecular complexity index is 729. The van der Waals surface area contributed by atoms with E-state index in [1.54, 1.807) is 6.20 Å². The van der Waals surface area contributed by atoms with E-state index in [2.05, 4.69) is 4.98 Å². The van der Waals surface area contributed by atoms with Crippen molar-refractivity contribution in [1.82, 2.24) is 4.98 Å². The minimum absolute atomic E-state index is 0.0109. The van der Waals surface area contributed by atoms with Gasteiger partial charge in [-0.15, -0.1) is 0 Å². The van der Waals surface area contributed by atoms with E-state index in [9.17, 15) is 4.79 Å². The van der Waals surface area contributed by atoms with Crippen LogP contribution in [0.3, 0.4) is 0 Å². The summed E-state index contributed by atoms with van der Waals surface area (Å²) in [5.41, 5.74) is 3.20. The summed E-state index contributed by atoms with van der Waals surface area (Å²) >= 11 is 5.90. The molecular formula is C17H12ClNO. The van der Waals surface area contributed by atoms with Gasteiger partial charge in [-0.1, -0.05) is 54.1 Å². The van der Waals surface area contributed by atoms with Gasteiger partial charge >= 0.3 is 0 Å². The average molecular weight is 282 g/mol. The fraction of sp³-hybridized carbons (Fsp3) is 0. The fourth-order valence-corrected chi connectivity index (χ4v) is 2.29. The number of hydrogen-bond acceptors (Lipinski definition) is 1. The van der Waals surface area contributed by atoms with Crippen LogP contribution in [0.1, 0.15) is 15.9 Å². The zero-order chi connectivity index (χ0) is 13.9. The third-order valence-electron chi connectivity index (χ3n) is 3.18.